The molecule has 17 heavy (non-hydrogen) atoms. The van der Waals surface area contributed by atoms with Crippen molar-refractivity contribution >= 4 is 17.5 Å². The molecule has 5 nitrogen and oxygen atoms in total. The van der Waals surface area contributed by atoms with Crippen LogP contribution in [0.15, 0.2) is 36.8 Å². The molecule has 1 amide bonds. The summed E-state index contributed by atoms with van der Waals surface area (Å²) in [5.74, 6) is -0.129. The molecule has 0 aliphatic carbocycles. The Hall–Kier alpha value is -1.88. The minimum atomic E-state index is -0.129. The Labute approximate surface area is 103 Å². The van der Waals surface area contributed by atoms with Gasteiger partial charge in [-0.25, -0.2) is 4.98 Å². The van der Waals surface area contributed by atoms with Gasteiger partial charge in [0.25, 0.3) is 0 Å². The van der Waals surface area contributed by atoms with E-state index in [0.717, 1.165) is 5.69 Å². The SMILES string of the molecule is O=C(Cn1ccnc1Cl)NCc1ccccn1. The molecule has 0 saturated heterocycles. The van der Waals surface area contributed by atoms with Crippen LogP contribution in [0.1, 0.15) is 5.69 Å². The number of amides is 1. The van der Waals surface area contributed by atoms with Gasteiger partial charge in [0.05, 0.1) is 12.2 Å². The first kappa shape index (κ1) is 11.6. The van der Waals surface area contributed by atoms with Crippen LogP contribution in [0, 0.1) is 0 Å². The molecule has 0 fully saturated rings. The van der Waals surface area contributed by atoms with E-state index < -0.39 is 0 Å². The predicted molar refractivity (Wildman–Crippen MR) is 63.3 cm³/mol. The molecule has 1 N–H and O–H groups in total. The lowest BCUT2D eigenvalue weighted by Gasteiger charge is -2.05. The summed E-state index contributed by atoms with van der Waals surface area (Å²) < 4.78 is 1.56. The van der Waals surface area contributed by atoms with Crippen molar-refractivity contribution < 1.29 is 4.79 Å². The number of carbonyl (C=O) groups is 1. The van der Waals surface area contributed by atoms with Crippen molar-refractivity contribution in [2.75, 3.05) is 0 Å². The second kappa shape index (κ2) is 5.45. The molecule has 2 aromatic rings. The van der Waals surface area contributed by atoms with Gasteiger partial charge in [-0.15, -0.1) is 0 Å². The molecule has 0 radical (unpaired) electrons. The van der Waals surface area contributed by atoms with Crippen LogP contribution in [-0.2, 0) is 17.9 Å². The maximum atomic E-state index is 11.6. The molecule has 2 aromatic heterocycles. The van der Waals surface area contributed by atoms with Crippen LogP contribution in [-0.4, -0.2) is 20.4 Å². The van der Waals surface area contributed by atoms with E-state index in [1.54, 1.807) is 23.2 Å². The third-order valence-corrected chi connectivity index (χ3v) is 2.49. The van der Waals surface area contributed by atoms with E-state index in [0.29, 0.717) is 11.8 Å². The molecule has 0 aliphatic heterocycles. The summed E-state index contributed by atoms with van der Waals surface area (Å²) in [6.07, 6.45) is 4.89. The van der Waals surface area contributed by atoms with Gasteiger partial charge in [-0.1, -0.05) is 6.07 Å². The van der Waals surface area contributed by atoms with E-state index in [-0.39, 0.29) is 12.5 Å². The van der Waals surface area contributed by atoms with Crippen LogP contribution in [0.3, 0.4) is 0 Å². The monoisotopic (exact) mass is 250 g/mol. The fourth-order valence-electron chi connectivity index (χ4n) is 1.33. The van der Waals surface area contributed by atoms with E-state index in [1.807, 2.05) is 18.2 Å². The van der Waals surface area contributed by atoms with E-state index in [1.165, 1.54) is 0 Å². The molecule has 0 bridgehead atoms. The zero-order valence-corrected chi connectivity index (χ0v) is 9.76. The van der Waals surface area contributed by atoms with Crippen LogP contribution in [0.2, 0.25) is 5.28 Å². The molecule has 88 valence electrons. The highest BCUT2D eigenvalue weighted by Gasteiger charge is 2.05. The minimum absolute atomic E-state index is 0.129. The van der Waals surface area contributed by atoms with Gasteiger partial charge in [0.15, 0.2) is 0 Å². The highest BCUT2D eigenvalue weighted by atomic mass is 35.5. The Morgan fingerprint density at radius 3 is 2.88 bits per heavy atom. The van der Waals surface area contributed by atoms with Gasteiger partial charge in [0.2, 0.25) is 11.2 Å². The number of hydrogen-bond acceptors (Lipinski definition) is 3. The summed E-state index contributed by atoms with van der Waals surface area (Å²) in [5, 5.41) is 3.06. The van der Waals surface area contributed by atoms with E-state index in [2.05, 4.69) is 15.3 Å². The van der Waals surface area contributed by atoms with E-state index in [4.69, 9.17) is 11.6 Å². The third-order valence-electron chi connectivity index (χ3n) is 2.17. The number of aromatic nitrogens is 3. The van der Waals surface area contributed by atoms with Gasteiger partial charge in [-0.2, -0.15) is 0 Å². The lowest BCUT2D eigenvalue weighted by molar-refractivity contribution is -0.121. The summed E-state index contributed by atoms with van der Waals surface area (Å²) in [6, 6.07) is 5.56. The maximum Gasteiger partial charge on any atom is 0.240 e. The molecule has 0 spiro atoms. The van der Waals surface area contributed by atoms with Crippen molar-refractivity contribution in [3.63, 3.8) is 0 Å². The molecular formula is C11H11ClN4O. The highest BCUT2D eigenvalue weighted by molar-refractivity contribution is 6.28. The average Bonchev–Trinajstić information content (AvgIpc) is 2.74. The first-order valence-corrected chi connectivity index (χ1v) is 5.47. The van der Waals surface area contributed by atoms with Crippen LogP contribution in [0.25, 0.3) is 0 Å². The molecule has 2 heterocycles. The largest absolute Gasteiger partial charge is 0.349 e. The van der Waals surface area contributed by atoms with Crippen LogP contribution < -0.4 is 5.32 Å². The Kier molecular flexibility index (Phi) is 3.72. The molecule has 0 saturated carbocycles. The normalized spacial score (nSPS) is 10.2. The number of nitrogens with zero attached hydrogens (tertiary/aromatic N) is 3. The van der Waals surface area contributed by atoms with Crippen molar-refractivity contribution in [3.8, 4) is 0 Å². The molecule has 0 unspecified atom stereocenters. The summed E-state index contributed by atoms with van der Waals surface area (Å²) in [6.45, 7) is 0.567. The molecule has 6 heteroatoms. The first-order valence-electron chi connectivity index (χ1n) is 5.09. The van der Waals surface area contributed by atoms with Crippen molar-refractivity contribution in [2.24, 2.45) is 0 Å². The number of nitrogens with one attached hydrogen (secondary N) is 1. The van der Waals surface area contributed by atoms with Gasteiger partial charge < -0.3 is 9.88 Å². The molecule has 0 aromatic carbocycles. The topological polar surface area (TPSA) is 59.8 Å². The number of imidazole rings is 1. The third kappa shape index (κ3) is 3.29. The number of pyridine rings is 1. The second-order valence-electron chi connectivity index (χ2n) is 3.42. The lowest BCUT2D eigenvalue weighted by atomic mass is 10.3. The van der Waals surface area contributed by atoms with Crippen LogP contribution in [0.4, 0.5) is 0 Å². The van der Waals surface area contributed by atoms with E-state index in [9.17, 15) is 4.79 Å². The second-order valence-corrected chi connectivity index (χ2v) is 3.76. The standard InChI is InChI=1S/C11H11ClN4O/c12-11-14-5-6-16(11)8-10(17)15-7-9-3-1-2-4-13-9/h1-6H,7-8H2,(H,15,17). The van der Waals surface area contributed by atoms with Crippen molar-refractivity contribution in [3.05, 3.63) is 47.8 Å². The van der Waals surface area contributed by atoms with Crippen LogP contribution in [0.5, 0.6) is 0 Å². The quantitative estimate of drug-likeness (QED) is 0.888. The smallest absolute Gasteiger partial charge is 0.240 e. The van der Waals surface area contributed by atoms with Gasteiger partial charge in [-0.3, -0.25) is 9.78 Å². The average molecular weight is 251 g/mol. The fraction of sp³-hybridized carbons (Fsp3) is 0.182. The fourth-order valence-corrected chi connectivity index (χ4v) is 1.50. The number of hydrogen-bond donors (Lipinski definition) is 1. The zero-order valence-electron chi connectivity index (χ0n) is 9.01. The number of halogens is 1. The minimum Gasteiger partial charge on any atom is -0.349 e. The maximum absolute atomic E-state index is 11.6. The highest BCUT2D eigenvalue weighted by Crippen LogP contribution is 2.03. The van der Waals surface area contributed by atoms with Gasteiger partial charge in [-0.05, 0) is 23.7 Å². The summed E-state index contributed by atoms with van der Waals surface area (Å²) in [4.78, 5) is 19.5. The van der Waals surface area contributed by atoms with Gasteiger partial charge in [0.1, 0.15) is 6.54 Å². The van der Waals surface area contributed by atoms with E-state index >= 15 is 0 Å². The summed E-state index contributed by atoms with van der Waals surface area (Å²) >= 11 is 5.76. The van der Waals surface area contributed by atoms with Crippen molar-refractivity contribution in [1.82, 2.24) is 19.9 Å². The Bertz CT molecular complexity index is 497. The Balaban J connectivity index is 1.85. The Morgan fingerprint density at radius 1 is 1.35 bits per heavy atom. The Morgan fingerprint density at radius 2 is 2.24 bits per heavy atom. The molecular weight excluding hydrogens is 240 g/mol. The van der Waals surface area contributed by atoms with Crippen molar-refractivity contribution in [2.45, 2.75) is 13.1 Å². The first-order chi connectivity index (χ1) is 8.25. The number of carbonyl (C=O) groups excluding carboxylic acids is 1. The molecule has 0 atom stereocenters. The van der Waals surface area contributed by atoms with Crippen molar-refractivity contribution in [1.29, 1.82) is 0 Å². The summed E-state index contributed by atoms with van der Waals surface area (Å²) in [7, 11) is 0. The van der Waals surface area contributed by atoms with Gasteiger partial charge >= 0.3 is 0 Å². The van der Waals surface area contributed by atoms with Gasteiger partial charge in [0, 0.05) is 18.6 Å². The number of rotatable bonds is 4. The zero-order chi connectivity index (χ0) is 12.1. The summed E-state index contributed by atoms with van der Waals surface area (Å²) in [5.41, 5.74) is 0.817. The predicted octanol–water partition coefficient (Wildman–Crippen LogP) is 1.25. The molecule has 2 rings (SSSR count). The molecule has 0 aliphatic rings. The lowest BCUT2D eigenvalue weighted by Crippen LogP contribution is -2.27. The van der Waals surface area contributed by atoms with Crippen LogP contribution >= 0.6 is 11.6 Å².